The Morgan fingerprint density at radius 2 is 2.15 bits per heavy atom. The van der Waals surface area contributed by atoms with E-state index in [9.17, 15) is 9.90 Å². The summed E-state index contributed by atoms with van der Waals surface area (Å²) >= 11 is 0. The minimum Gasteiger partial charge on any atom is -0.505 e. The van der Waals surface area contributed by atoms with Crippen LogP contribution in [0.25, 0.3) is 0 Å². The Labute approximate surface area is 73.3 Å². The Hall–Kier alpha value is -1.71. The molecule has 0 unspecified atom stereocenters. The molecule has 0 radical (unpaired) electrons. The van der Waals surface area contributed by atoms with Crippen LogP contribution in [0.5, 0.6) is 5.75 Å². The number of aryl methyl sites for hydroxylation is 1. The molecule has 1 aromatic carbocycles. The molecule has 4 nitrogen and oxygen atoms in total. The van der Waals surface area contributed by atoms with Crippen LogP contribution in [0.3, 0.4) is 0 Å². The first-order valence-electron chi connectivity index (χ1n) is 4.11. The number of benzene rings is 1. The van der Waals surface area contributed by atoms with E-state index in [0.29, 0.717) is 10.7 Å². The SMILES string of the molecule is O=C1N=c2cc3c(c(O)c2=N1)CC3. The third kappa shape index (κ3) is 0.722. The second-order valence-electron chi connectivity index (χ2n) is 3.24. The average molecular weight is 174 g/mol. The Bertz CT molecular complexity index is 546. The van der Waals surface area contributed by atoms with Crippen molar-refractivity contribution < 1.29 is 9.90 Å². The summed E-state index contributed by atoms with van der Waals surface area (Å²) < 4.78 is 0. The lowest BCUT2D eigenvalue weighted by molar-refractivity contribution is 0.256. The number of urea groups is 1. The molecule has 0 saturated heterocycles. The first-order valence-corrected chi connectivity index (χ1v) is 4.11. The van der Waals surface area contributed by atoms with Gasteiger partial charge in [0.2, 0.25) is 0 Å². The van der Waals surface area contributed by atoms with Gasteiger partial charge in [0.25, 0.3) is 0 Å². The molecule has 2 amide bonds. The second-order valence-corrected chi connectivity index (χ2v) is 3.24. The van der Waals surface area contributed by atoms with Crippen LogP contribution in [0.1, 0.15) is 11.1 Å². The summed E-state index contributed by atoms with van der Waals surface area (Å²) in [5.41, 5.74) is 2.01. The maximum absolute atomic E-state index is 10.9. The van der Waals surface area contributed by atoms with Crippen LogP contribution in [-0.2, 0) is 12.8 Å². The molecule has 0 atom stereocenters. The highest BCUT2D eigenvalue weighted by molar-refractivity contribution is 5.78. The molecule has 64 valence electrons. The summed E-state index contributed by atoms with van der Waals surface area (Å²) in [6.07, 6.45) is 1.83. The van der Waals surface area contributed by atoms with Crippen LogP contribution in [0.4, 0.5) is 4.79 Å². The topological polar surface area (TPSA) is 62.0 Å². The van der Waals surface area contributed by atoms with Crippen LogP contribution in [-0.4, -0.2) is 11.1 Å². The zero-order chi connectivity index (χ0) is 9.00. The molecule has 1 aromatic rings. The molecule has 13 heavy (non-hydrogen) atoms. The molecule has 1 aliphatic carbocycles. The van der Waals surface area contributed by atoms with Crippen LogP contribution in [0.2, 0.25) is 0 Å². The molecule has 0 aromatic heterocycles. The van der Waals surface area contributed by atoms with Crippen LogP contribution in [0, 0.1) is 0 Å². The lowest BCUT2D eigenvalue weighted by atomic mass is 9.87. The van der Waals surface area contributed by atoms with Crippen LogP contribution < -0.4 is 10.7 Å². The first-order chi connectivity index (χ1) is 6.25. The van der Waals surface area contributed by atoms with E-state index in [-0.39, 0.29) is 5.75 Å². The van der Waals surface area contributed by atoms with Crippen LogP contribution in [0.15, 0.2) is 16.1 Å². The highest BCUT2D eigenvalue weighted by atomic mass is 16.3. The minimum atomic E-state index is -0.518. The Morgan fingerprint density at radius 1 is 1.31 bits per heavy atom. The van der Waals surface area contributed by atoms with E-state index in [1.807, 2.05) is 6.07 Å². The second kappa shape index (κ2) is 1.96. The number of fused-ring (bicyclic) bond motifs is 2. The number of phenolic OH excluding ortho intramolecular Hbond substituents is 1. The number of phenols is 1. The van der Waals surface area contributed by atoms with Gasteiger partial charge >= 0.3 is 6.03 Å². The minimum absolute atomic E-state index is 0.147. The van der Waals surface area contributed by atoms with Gasteiger partial charge in [-0.15, -0.1) is 0 Å². The Kier molecular flexibility index (Phi) is 1.02. The molecule has 0 bridgehead atoms. The quantitative estimate of drug-likeness (QED) is 0.595. The molecule has 0 fully saturated rings. The predicted octanol–water partition coefficient (Wildman–Crippen LogP) is -0.136. The van der Waals surface area contributed by atoms with Crippen molar-refractivity contribution in [3.63, 3.8) is 0 Å². The smallest absolute Gasteiger partial charge is 0.368 e. The number of nitrogens with zero attached hydrogens (tertiary/aromatic N) is 2. The van der Waals surface area contributed by atoms with E-state index in [4.69, 9.17) is 0 Å². The predicted molar refractivity (Wildman–Crippen MR) is 43.2 cm³/mol. The molecule has 4 heteroatoms. The molecular formula is C9H6N2O2. The summed E-state index contributed by atoms with van der Waals surface area (Å²) in [5.74, 6) is 0.147. The van der Waals surface area contributed by atoms with Crippen molar-refractivity contribution in [2.24, 2.45) is 9.98 Å². The highest BCUT2D eigenvalue weighted by Crippen LogP contribution is 2.26. The van der Waals surface area contributed by atoms with E-state index in [2.05, 4.69) is 9.98 Å². The Morgan fingerprint density at radius 3 is 2.85 bits per heavy atom. The van der Waals surface area contributed by atoms with Gasteiger partial charge in [-0.05, 0) is 30.0 Å². The average Bonchev–Trinajstić information content (AvgIpc) is 2.39. The van der Waals surface area contributed by atoms with Crippen molar-refractivity contribution in [2.45, 2.75) is 12.8 Å². The first kappa shape index (κ1) is 6.77. The van der Waals surface area contributed by atoms with Crippen molar-refractivity contribution in [3.8, 4) is 5.75 Å². The van der Waals surface area contributed by atoms with Gasteiger partial charge in [-0.2, -0.15) is 9.98 Å². The molecule has 1 aliphatic heterocycles. The van der Waals surface area contributed by atoms with Gasteiger partial charge in [0.1, 0.15) is 11.1 Å². The van der Waals surface area contributed by atoms with Crippen molar-refractivity contribution in [1.82, 2.24) is 0 Å². The zero-order valence-electron chi connectivity index (χ0n) is 6.74. The number of carbonyl (C=O) groups is 1. The number of rotatable bonds is 0. The maximum Gasteiger partial charge on any atom is 0.368 e. The number of hydrogen-bond acceptors (Lipinski definition) is 2. The standard InChI is InChI=1S/C9H6N2O2/c12-8-5-2-1-4(5)3-6-7(8)11-9(13)10-6/h3,12H,1-2H2. The number of aromatic hydroxyl groups is 1. The number of amides is 2. The molecule has 2 aliphatic rings. The molecule has 0 spiro atoms. The summed E-state index contributed by atoms with van der Waals surface area (Å²) in [6.45, 7) is 0. The summed E-state index contributed by atoms with van der Waals surface area (Å²) in [4.78, 5) is 18.2. The zero-order valence-corrected chi connectivity index (χ0v) is 6.74. The molecule has 1 heterocycles. The van der Waals surface area contributed by atoms with E-state index in [0.717, 1.165) is 24.0 Å². The fourth-order valence-electron chi connectivity index (χ4n) is 1.74. The maximum atomic E-state index is 10.9. The van der Waals surface area contributed by atoms with Gasteiger partial charge in [0.15, 0.2) is 0 Å². The van der Waals surface area contributed by atoms with E-state index in [1.54, 1.807) is 0 Å². The van der Waals surface area contributed by atoms with Gasteiger partial charge in [0.05, 0.1) is 5.36 Å². The summed E-state index contributed by atoms with van der Waals surface area (Å²) in [6, 6.07) is 1.32. The molecule has 0 saturated carbocycles. The molecule has 1 N–H and O–H groups in total. The molecular weight excluding hydrogens is 168 g/mol. The largest absolute Gasteiger partial charge is 0.505 e. The van der Waals surface area contributed by atoms with Crippen molar-refractivity contribution in [3.05, 3.63) is 27.9 Å². The monoisotopic (exact) mass is 174 g/mol. The van der Waals surface area contributed by atoms with Gasteiger partial charge in [-0.25, -0.2) is 4.79 Å². The van der Waals surface area contributed by atoms with Crippen LogP contribution >= 0.6 is 0 Å². The van der Waals surface area contributed by atoms with E-state index >= 15 is 0 Å². The third-order valence-electron chi connectivity index (χ3n) is 2.52. The van der Waals surface area contributed by atoms with Gasteiger partial charge in [0, 0.05) is 0 Å². The van der Waals surface area contributed by atoms with E-state index < -0.39 is 6.03 Å². The van der Waals surface area contributed by atoms with Crippen molar-refractivity contribution in [2.75, 3.05) is 0 Å². The lowest BCUT2D eigenvalue weighted by Crippen LogP contribution is -2.28. The highest BCUT2D eigenvalue weighted by Gasteiger charge is 2.21. The van der Waals surface area contributed by atoms with Gasteiger partial charge in [-0.3, -0.25) is 0 Å². The number of hydrogen-bond donors (Lipinski definition) is 1. The Balaban J connectivity index is 2.53. The van der Waals surface area contributed by atoms with E-state index in [1.165, 1.54) is 0 Å². The molecule has 3 rings (SSSR count). The fraction of sp³-hybridized carbons (Fsp3) is 0.222. The summed E-state index contributed by atoms with van der Waals surface area (Å²) in [7, 11) is 0. The third-order valence-corrected chi connectivity index (χ3v) is 2.52. The van der Waals surface area contributed by atoms with Gasteiger partial charge < -0.3 is 5.11 Å². The van der Waals surface area contributed by atoms with Gasteiger partial charge in [-0.1, -0.05) is 0 Å². The normalized spacial score (nSPS) is 16.8. The lowest BCUT2D eigenvalue weighted by Gasteiger charge is -2.18. The number of carbonyl (C=O) groups excluding carboxylic acids is 1. The van der Waals surface area contributed by atoms with Crippen molar-refractivity contribution >= 4 is 6.03 Å². The fourth-order valence-corrected chi connectivity index (χ4v) is 1.74. The van der Waals surface area contributed by atoms with Crippen molar-refractivity contribution in [1.29, 1.82) is 0 Å². The summed E-state index contributed by atoms with van der Waals surface area (Å²) in [5, 5.41) is 10.5.